The van der Waals surface area contributed by atoms with Gasteiger partial charge in [0.25, 0.3) is 0 Å². The minimum Gasteiger partial charge on any atom is -0.392 e. The van der Waals surface area contributed by atoms with Gasteiger partial charge in [0.2, 0.25) is 5.91 Å². The van der Waals surface area contributed by atoms with Crippen molar-refractivity contribution in [3.8, 4) is 0 Å². The summed E-state index contributed by atoms with van der Waals surface area (Å²) in [7, 11) is 0. The summed E-state index contributed by atoms with van der Waals surface area (Å²) in [5.74, 6) is -0.873. The van der Waals surface area contributed by atoms with Gasteiger partial charge >= 0.3 is 0 Å². The fourth-order valence-electron chi connectivity index (χ4n) is 1.30. The molecule has 1 atom stereocenters. The molecule has 0 aliphatic rings. The molecule has 0 spiro atoms. The highest BCUT2D eigenvalue weighted by atomic mass is 19.1. The number of nitrogens with two attached hydrogens (primary N) is 1. The Balaban J connectivity index is 2.58. The highest BCUT2D eigenvalue weighted by Crippen LogP contribution is 2.10. The van der Waals surface area contributed by atoms with E-state index >= 15 is 0 Å². The van der Waals surface area contributed by atoms with Crippen LogP contribution in [-0.4, -0.2) is 17.6 Å². The van der Waals surface area contributed by atoms with Gasteiger partial charge < -0.3 is 16.2 Å². The average molecular weight is 240 g/mol. The first-order chi connectivity index (χ1) is 8.08. The lowest BCUT2D eigenvalue weighted by Crippen LogP contribution is -2.32. The number of hydrogen-bond acceptors (Lipinski definition) is 3. The zero-order valence-electron chi connectivity index (χ0n) is 9.74. The second kappa shape index (κ2) is 6.32. The van der Waals surface area contributed by atoms with E-state index in [-0.39, 0.29) is 37.1 Å². The standard InChI is InChI=1S/C12H17FN2O2/c1-8(5-14)12(17)15-6-9-2-3-10(7-16)11(13)4-9/h2-4,8,16H,5-7,14H2,1H3,(H,15,17). The molecule has 0 aliphatic heterocycles. The van der Waals surface area contributed by atoms with Crippen LogP contribution in [0.15, 0.2) is 18.2 Å². The van der Waals surface area contributed by atoms with Crippen LogP contribution in [0.1, 0.15) is 18.1 Å². The van der Waals surface area contributed by atoms with E-state index in [1.165, 1.54) is 12.1 Å². The normalized spacial score (nSPS) is 12.2. The second-order valence-corrected chi connectivity index (χ2v) is 3.94. The molecule has 0 fully saturated rings. The Morgan fingerprint density at radius 3 is 2.82 bits per heavy atom. The molecular weight excluding hydrogens is 223 g/mol. The van der Waals surface area contributed by atoms with Crippen LogP contribution in [0.4, 0.5) is 4.39 Å². The van der Waals surface area contributed by atoms with E-state index in [1.807, 2.05) is 0 Å². The Hall–Kier alpha value is -1.46. The Labute approximate surface area is 99.6 Å². The van der Waals surface area contributed by atoms with Crippen LogP contribution in [0.25, 0.3) is 0 Å². The molecule has 17 heavy (non-hydrogen) atoms. The zero-order chi connectivity index (χ0) is 12.8. The van der Waals surface area contributed by atoms with Gasteiger partial charge in [-0.2, -0.15) is 0 Å². The summed E-state index contributed by atoms with van der Waals surface area (Å²) in [5.41, 5.74) is 6.25. The van der Waals surface area contributed by atoms with Gasteiger partial charge in [0, 0.05) is 24.6 Å². The summed E-state index contributed by atoms with van der Waals surface area (Å²) in [4.78, 5) is 11.4. The SMILES string of the molecule is CC(CN)C(=O)NCc1ccc(CO)c(F)c1. The summed E-state index contributed by atoms with van der Waals surface area (Å²) in [6.45, 7) is 1.93. The molecule has 1 aromatic rings. The molecule has 94 valence electrons. The lowest BCUT2D eigenvalue weighted by Gasteiger charge is -2.10. The van der Waals surface area contributed by atoms with Gasteiger partial charge in [0.05, 0.1) is 6.61 Å². The second-order valence-electron chi connectivity index (χ2n) is 3.94. The summed E-state index contributed by atoms with van der Waals surface area (Å²) in [5, 5.41) is 11.5. The van der Waals surface area contributed by atoms with Crippen molar-refractivity contribution in [1.29, 1.82) is 0 Å². The van der Waals surface area contributed by atoms with E-state index in [0.717, 1.165) is 0 Å². The van der Waals surface area contributed by atoms with Crippen molar-refractivity contribution in [2.24, 2.45) is 11.7 Å². The average Bonchev–Trinajstić information content (AvgIpc) is 2.35. The molecule has 4 N–H and O–H groups in total. The Bertz CT molecular complexity index is 396. The summed E-state index contributed by atoms with van der Waals surface area (Å²) in [6, 6.07) is 4.48. The van der Waals surface area contributed by atoms with Gasteiger partial charge in [0.1, 0.15) is 5.82 Å². The van der Waals surface area contributed by atoms with Crippen molar-refractivity contribution in [3.05, 3.63) is 35.1 Å². The third-order valence-corrected chi connectivity index (χ3v) is 2.56. The van der Waals surface area contributed by atoms with E-state index in [0.29, 0.717) is 5.56 Å². The van der Waals surface area contributed by atoms with Gasteiger partial charge in [0.15, 0.2) is 0 Å². The minimum absolute atomic E-state index is 0.154. The molecule has 0 radical (unpaired) electrons. The number of carbonyl (C=O) groups excluding carboxylic acids is 1. The fraction of sp³-hybridized carbons (Fsp3) is 0.417. The smallest absolute Gasteiger partial charge is 0.224 e. The van der Waals surface area contributed by atoms with Crippen LogP contribution in [0.5, 0.6) is 0 Å². The van der Waals surface area contributed by atoms with Crippen molar-refractivity contribution in [1.82, 2.24) is 5.32 Å². The first-order valence-corrected chi connectivity index (χ1v) is 5.44. The van der Waals surface area contributed by atoms with Crippen LogP contribution in [0.3, 0.4) is 0 Å². The maximum absolute atomic E-state index is 13.3. The Morgan fingerprint density at radius 1 is 1.59 bits per heavy atom. The third-order valence-electron chi connectivity index (χ3n) is 2.56. The van der Waals surface area contributed by atoms with Crippen LogP contribution in [0.2, 0.25) is 0 Å². The molecule has 4 nitrogen and oxygen atoms in total. The number of amides is 1. The molecule has 1 aromatic carbocycles. The number of halogens is 1. The monoisotopic (exact) mass is 240 g/mol. The highest BCUT2D eigenvalue weighted by molar-refractivity contribution is 5.78. The summed E-state index contributed by atoms with van der Waals surface area (Å²) in [6.07, 6.45) is 0. The molecule has 1 amide bonds. The number of aliphatic hydroxyl groups is 1. The molecule has 1 rings (SSSR count). The summed E-state index contributed by atoms with van der Waals surface area (Å²) >= 11 is 0. The highest BCUT2D eigenvalue weighted by Gasteiger charge is 2.10. The molecule has 0 saturated heterocycles. The topological polar surface area (TPSA) is 75.4 Å². The van der Waals surface area contributed by atoms with Crippen molar-refractivity contribution in [3.63, 3.8) is 0 Å². The van der Waals surface area contributed by atoms with Gasteiger partial charge in [-0.3, -0.25) is 4.79 Å². The van der Waals surface area contributed by atoms with E-state index in [4.69, 9.17) is 10.8 Å². The maximum Gasteiger partial charge on any atom is 0.224 e. The minimum atomic E-state index is -0.467. The Kier molecular flexibility index (Phi) is 5.06. The van der Waals surface area contributed by atoms with Gasteiger partial charge in [-0.05, 0) is 11.6 Å². The molecule has 0 aliphatic carbocycles. The predicted octanol–water partition coefficient (Wildman–Crippen LogP) is 0.529. The quantitative estimate of drug-likeness (QED) is 0.702. The van der Waals surface area contributed by atoms with Crippen LogP contribution < -0.4 is 11.1 Å². The largest absolute Gasteiger partial charge is 0.392 e. The van der Waals surface area contributed by atoms with Crippen molar-refractivity contribution in [2.45, 2.75) is 20.1 Å². The molecule has 0 aromatic heterocycles. The van der Waals surface area contributed by atoms with Crippen molar-refractivity contribution >= 4 is 5.91 Å². The fourth-order valence-corrected chi connectivity index (χ4v) is 1.30. The van der Waals surface area contributed by atoms with Gasteiger partial charge in [-0.1, -0.05) is 19.1 Å². The number of hydrogen-bond donors (Lipinski definition) is 3. The summed E-state index contributed by atoms with van der Waals surface area (Å²) < 4.78 is 13.3. The molecule has 0 saturated carbocycles. The van der Waals surface area contributed by atoms with Crippen LogP contribution in [-0.2, 0) is 17.9 Å². The molecule has 0 bridgehead atoms. The van der Waals surface area contributed by atoms with Crippen LogP contribution >= 0.6 is 0 Å². The first kappa shape index (κ1) is 13.6. The number of nitrogens with one attached hydrogen (secondary N) is 1. The van der Waals surface area contributed by atoms with E-state index in [9.17, 15) is 9.18 Å². The van der Waals surface area contributed by atoms with Crippen molar-refractivity contribution < 1.29 is 14.3 Å². The third kappa shape index (κ3) is 3.80. The number of rotatable bonds is 5. The lowest BCUT2D eigenvalue weighted by molar-refractivity contribution is -0.124. The first-order valence-electron chi connectivity index (χ1n) is 5.44. The van der Waals surface area contributed by atoms with E-state index < -0.39 is 5.82 Å². The molecule has 5 heteroatoms. The van der Waals surface area contributed by atoms with E-state index in [2.05, 4.69) is 5.32 Å². The number of aliphatic hydroxyl groups excluding tert-OH is 1. The molecular formula is C12H17FN2O2. The Morgan fingerprint density at radius 2 is 2.29 bits per heavy atom. The molecule has 1 unspecified atom stereocenters. The molecule has 0 heterocycles. The van der Waals surface area contributed by atoms with Gasteiger partial charge in [-0.15, -0.1) is 0 Å². The van der Waals surface area contributed by atoms with E-state index in [1.54, 1.807) is 13.0 Å². The lowest BCUT2D eigenvalue weighted by atomic mass is 10.1. The van der Waals surface area contributed by atoms with Gasteiger partial charge in [-0.25, -0.2) is 4.39 Å². The number of benzene rings is 1. The van der Waals surface area contributed by atoms with Crippen LogP contribution in [0, 0.1) is 11.7 Å². The number of carbonyl (C=O) groups is 1. The maximum atomic E-state index is 13.3. The predicted molar refractivity (Wildman–Crippen MR) is 62.4 cm³/mol. The zero-order valence-corrected chi connectivity index (χ0v) is 9.74. The van der Waals surface area contributed by atoms with Crippen molar-refractivity contribution in [2.75, 3.05) is 6.54 Å².